The molecule has 0 amide bonds. The summed E-state index contributed by atoms with van der Waals surface area (Å²) in [5.74, 6) is -2.56. The topological polar surface area (TPSA) is 67.8 Å². The van der Waals surface area contributed by atoms with Gasteiger partial charge in [-0.3, -0.25) is 0 Å². The molecule has 0 heterocycles. The van der Waals surface area contributed by atoms with Crippen molar-refractivity contribution in [3.63, 3.8) is 0 Å². The van der Waals surface area contributed by atoms with Gasteiger partial charge < -0.3 is 15.6 Å². The van der Waals surface area contributed by atoms with Gasteiger partial charge in [0.25, 0.3) is 0 Å². The Hall–Kier alpha value is -0.550. The number of carboxylic acid groups (broad SMARTS) is 1. The maximum atomic E-state index is 12.9. The van der Waals surface area contributed by atoms with Crippen LogP contribution in [0.1, 0.15) is 50.5 Å². The highest BCUT2D eigenvalue weighted by atomic mass is 35.5. The van der Waals surface area contributed by atoms with Gasteiger partial charge in [-0.2, -0.15) is 0 Å². The highest BCUT2D eigenvalue weighted by molar-refractivity contribution is 6.53. The van der Waals surface area contributed by atoms with E-state index in [0.29, 0.717) is 11.6 Å². The maximum Gasteiger partial charge on any atom is 0.141 e. The van der Waals surface area contributed by atoms with Gasteiger partial charge in [-0.05, 0) is 37.5 Å². The van der Waals surface area contributed by atoms with Crippen molar-refractivity contribution >= 4 is 40.8 Å². The lowest BCUT2D eigenvalue weighted by Crippen LogP contribution is -2.62. The van der Waals surface area contributed by atoms with Crippen molar-refractivity contribution in [3.05, 3.63) is 34.6 Å². The number of aliphatic carboxylic acids is 1. The van der Waals surface area contributed by atoms with Crippen molar-refractivity contribution in [1.29, 1.82) is 0 Å². The first kappa shape index (κ1) is 20.8. The fraction of sp³-hybridized carbons (Fsp3) is 0.611. The lowest BCUT2D eigenvalue weighted by molar-refractivity contribution is -0.428. The molecule has 0 unspecified atom stereocenters. The Morgan fingerprint density at radius 2 is 1.92 bits per heavy atom. The molecule has 3 rings (SSSR count). The van der Waals surface area contributed by atoms with Gasteiger partial charge in [-0.1, -0.05) is 36.9 Å². The summed E-state index contributed by atoms with van der Waals surface area (Å²) in [6.07, 6.45) is 7.23. The third kappa shape index (κ3) is 5.00. The average molecular weight is 411 g/mol. The molecule has 3 N–H and O–H groups in total. The first-order chi connectivity index (χ1) is 11.7. The number of alkyl halides is 2. The fourth-order valence-corrected chi connectivity index (χ4v) is 4.44. The maximum absolute atomic E-state index is 12.9. The molecule has 0 saturated heterocycles. The molecule has 2 aliphatic rings. The molecule has 140 valence electrons. The van der Waals surface area contributed by atoms with E-state index in [9.17, 15) is 14.3 Å². The van der Waals surface area contributed by atoms with Gasteiger partial charge in [0.15, 0.2) is 0 Å². The average Bonchev–Trinajstić information content (AvgIpc) is 3.14. The van der Waals surface area contributed by atoms with E-state index in [2.05, 4.69) is 12.7 Å². The zero-order chi connectivity index (χ0) is 18.8. The number of halogens is 4. The van der Waals surface area contributed by atoms with Crippen LogP contribution >= 0.6 is 34.8 Å². The van der Waals surface area contributed by atoms with Gasteiger partial charge in [0.05, 0.1) is 11.1 Å². The van der Waals surface area contributed by atoms with Crippen LogP contribution in [0.25, 0.3) is 0 Å². The van der Waals surface area contributed by atoms with E-state index >= 15 is 0 Å². The van der Waals surface area contributed by atoms with Crippen LogP contribution < -0.4 is 10.8 Å². The summed E-state index contributed by atoms with van der Waals surface area (Å²) in [5, 5.41) is 10.6. The molecule has 2 aliphatic carbocycles. The molecule has 0 aromatic heterocycles. The second-order valence-electron chi connectivity index (χ2n) is 7.00. The van der Waals surface area contributed by atoms with Crippen LogP contribution in [0.15, 0.2) is 18.2 Å². The van der Waals surface area contributed by atoms with Gasteiger partial charge in [0.2, 0.25) is 0 Å². The minimum atomic E-state index is -1.40. The van der Waals surface area contributed by atoms with Gasteiger partial charge in [-0.15, -0.1) is 23.2 Å². The Bertz CT molecular complexity index is 618. The largest absolute Gasteiger partial charge is 0.550 e. The van der Waals surface area contributed by atoms with Crippen LogP contribution in [0.5, 0.6) is 0 Å². The SMILES string of the molecule is C[C@@H]([NH3+])C1CCCCC1.O=C([O-])[C@@H]1[C@@H](c2ccc(F)c(Cl)c2)C1(Cl)Cl. The molecule has 2 fully saturated rings. The van der Waals surface area contributed by atoms with E-state index < -0.39 is 28.0 Å². The summed E-state index contributed by atoms with van der Waals surface area (Å²) in [6, 6.07) is 4.56. The minimum absolute atomic E-state index is 0.0920. The Balaban J connectivity index is 0.000000212. The van der Waals surface area contributed by atoms with E-state index in [1.807, 2.05) is 0 Å². The van der Waals surface area contributed by atoms with E-state index in [1.54, 1.807) is 0 Å². The molecule has 2 saturated carbocycles. The molecule has 7 heteroatoms. The van der Waals surface area contributed by atoms with Gasteiger partial charge in [0, 0.05) is 23.7 Å². The fourth-order valence-electron chi connectivity index (χ4n) is 3.44. The van der Waals surface area contributed by atoms with E-state index in [1.165, 1.54) is 44.2 Å². The number of carbonyl (C=O) groups is 1. The van der Waals surface area contributed by atoms with Crippen LogP contribution in [-0.4, -0.2) is 16.3 Å². The van der Waals surface area contributed by atoms with E-state index in [4.69, 9.17) is 34.8 Å². The van der Waals surface area contributed by atoms with Gasteiger partial charge >= 0.3 is 0 Å². The second-order valence-corrected chi connectivity index (χ2v) is 8.85. The minimum Gasteiger partial charge on any atom is -0.550 e. The van der Waals surface area contributed by atoms with Crippen LogP contribution in [0, 0.1) is 17.7 Å². The number of carbonyl (C=O) groups excluding carboxylic acids is 1. The molecule has 25 heavy (non-hydrogen) atoms. The molecule has 0 bridgehead atoms. The number of rotatable bonds is 3. The van der Waals surface area contributed by atoms with Crippen LogP contribution in [-0.2, 0) is 4.79 Å². The first-order valence-electron chi connectivity index (χ1n) is 8.53. The summed E-state index contributed by atoms with van der Waals surface area (Å²) in [4.78, 5) is 10.7. The lowest BCUT2D eigenvalue weighted by atomic mass is 9.85. The molecule has 0 radical (unpaired) electrons. The third-order valence-electron chi connectivity index (χ3n) is 5.06. The first-order valence-corrected chi connectivity index (χ1v) is 9.66. The number of hydrogen-bond acceptors (Lipinski definition) is 2. The van der Waals surface area contributed by atoms with Gasteiger partial charge in [0.1, 0.15) is 10.2 Å². The van der Waals surface area contributed by atoms with Crippen molar-refractivity contribution in [2.24, 2.45) is 11.8 Å². The Labute approximate surface area is 162 Å². The third-order valence-corrected chi connectivity index (χ3v) is 6.29. The number of carboxylic acids is 1. The van der Waals surface area contributed by atoms with Crippen molar-refractivity contribution in [1.82, 2.24) is 0 Å². The molecule has 0 aliphatic heterocycles. The quantitative estimate of drug-likeness (QED) is 0.777. The van der Waals surface area contributed by atoms with Gasteiger partial charge in [-0.25, -0.2) is 4.39 Å². The summed E-state index contributed by atoms with van der Waals surface area (Å²) in [7, 11) is 0. The highest BCUT2D eigenvalue weighted by Gasteiger charge is 2.64. The predicted molar refractivity (Wildman–Crippen MR) is 96.0 cm³/mol. The lowest BCUT2D eigenvalue weighted by Gasteiger charge is -2.22. The summed E-state index contributed by atoms with van der Waals surface area (Å²) in [5.41, 5.74) is 4.55. The molecule has 1 aromatic rings. The molecular formula is C18H23Cl3FNO2. The van der Waals surface area contributed by atoms with Crippen molar-refractivity contribution in [3.8, 4) is 0 Å². The Morgan fingerprint density at radius 1 is 1.32 bits per heavy atom. The van der Waals surface area contributed by atoms with E-state index in [-0.39, 0.29) is 5.02 Å². The van der Waals surface area contributed by atoms with E-state index in [0.717, 1.165) is 12.0 Å². The van der Waals surface area contributed by atoms with Crippen molar-refractivity contribution in [2.75, 3.05) is 0 Å². The number of hydrogen-bond donors (Lipinski definition) is 1. The standard InChI is InChI=1S/C10H6Cl3FO2.C8H17N/c11-5-3-4(1-2-6(5)14)7-8(9(15)16)10(7,12)13;1-7(9)8-5-3-2-4-6-8/h1-3,7-8H,(H,15,16);7-8H,2-6,9H2,1H3/t7-,8+;7-/m11/s1. The smallest absolute Gasteiger partial charge is 0.141 e. The number of benzene rings is 1. The number of quaternary nitrogens is 1. The van der Waals surface area contributed by atoms with Crippen LogP contribution in [0.4, 0.5) is 4.39 Å². The molecule has 0 spiro atoms. The normalized spacial score (nSPS) is 26.3. The Morgan fingerprint density at radius 3 is 2.32 bits per heavy atom. The zero-order valence-electron chi connectivity index (χ0n) is 14.1. The summed E-state index contributed by atoms with van der Waals surface area (Å²) >= 11 is 17.2. The van der Waals surface area contributed by atoms with Crippen LogP contribution in [0.2, 0.25) is 5.02 Å². The van der Waals surface area contributed by atoms with Crippen LogP contribution in [0.3, 0.4) is 0 Å². The van der Waals surface area contributed by atoms with Crippen molar-refractivity contribution < 1.29 is 20.0 Å². The predicted octanol–water partition coefficient (Wildman–Crippen LogP) is 3.31. The molecular weight excluding hydrogens is 388 g/mol. The zero-order valence-corrected chi connectivity index (χ0v) is 16.4. The van der Waals surface area contributed by atoms with Crippen molar-refractivity contribution in [2.45, 2.75) is 55.3 Å². The molecule has 3 nitrogen and oxygen atoms in total. The monoisotopic (exact) mass is 409 g/mol. The highest BCUT2D eigenvalue weighted by Crippen LogP contribution is 2.64. The second kappa shape index (κ2) is 8.43. The summed E-state index contributed by atoms with van der Waals surface area (Å²) < 4.78 is 11.5. The Kier molecular flexibility index (Phi) is 7.00. The molecule has 3 atom stereocenters. The molecule has 1 aromatic carbocycles. The summed E-state index contributed by atoms with van der Waals surface area (Å²) in [6.45, 7) is 2.25.